The van der Waals surface area contributed by atoms with Gasteiger partial charge in [0, 0.05) is 17.6 Å². The maximum Gasteiger partial charge on any atom is 0.258 e. The van der Waals surface area contributed by atoms with E-state index in [0.29, 0.717) is 10.7 Å². The highest BCUT2D eigenvalue weighted by Crippen LogP contribution is 2.20. The minimum atomic E-state index is -0.0840. The number of allylic oxidation sites excluding steroid dienone is 1. The quantitative estimate of drug-likeness (QED) is 0.680. The zero-order valence-corrected chi connectivity index (χ0v) is 12.2. The largest absolute Gasteiger partial charge is 0.487 e. The van der Waals surface area contributed by atoms with Crippen molar-refractivity contribution in [2.24, 2.45) is 0 Å². The third kappa shape index (κ3) is 2.87. The van der Waals surface area contributed by atoms with Gasteiger partial charge in [0.25, 0.3) is 5.56 Å². The van der Waals surface area contributed by atoms with Gasteiger partial charge in [-0.1, -0.05) is 24.3 Å². The number of ether oxygens (including phenoxy) is 1. The average Bonchev–Trinajstić information content (AvgIpc) is 2.96. The monoisotopic (exact) mass is 298 g/mol. The highest BCUT2D eigenvalue weighted by molar-refractivity contribution is 7.15. The van der Waals surface area contributed by atoms with Gasteiger partial charge in [0.15, 0.2) is 4.96 Å². The molecule has 0 saturated carbocycles. The first-order chi connectivity index (χ1) is 10.3. The van der Waals surface area contributed by atoms with E-state index < -0.39 is 0 Å². The number of para-hydroxylation sites is 1. The maximum atomic E-state index is 11.9. The Hall–Kier alpha value is -2.40. The smallest absolute Gasteiger partial charge is 0.258 e. The summed E-state index contributed by atoms with van der Waals surface area (Å²) in [5.74, 6) is 0.797. The number of fused-ring (bicyclic) bond motifs is 1. The Labute approximate surface area is 126 Å². The summed E-state index contributed by atoms with van der Waals surface area (Å²) in [5, 5.41) is 1.84. The summed E-state index contributed by atoms with van der Waals surface area (Å²) < 4.78 is 7.33. The van der Waals surface area contributed by atoms with Crippen LogP contribution in [0.3, 0.4) is 0 Å². The van der Waals surface area contributed by atoms with Crippen molar-refractivity contribution in [1.82, 2.24) is 9.38 Å². The molecule has 106 valence electrons. The molecule has 0 amide bonds. The lowest BCUT2D eigenvalue weighted by molar-refractivity contribution is 0.298. The molecule has 0 unspecified atom stereocenters. The Bertz CT molecular complexity index is 835. The predicted molar refractivity (Wildman–Crippen MR) is 84.0 cm³/mol. The Balaban J connectivity index is 1.83. The molecule has 0 atom stereocenters. The normalized spacial score (nSPS) is 10.7. The van der Waals surface area contributed by atoms with Gasteiger partial charge in [0.2, 0.25) is 0 Å². The van der Waals surface area contributed by atoms with Crippen LogP contribution < -0.4 is 10.3 Å². The number of hydrogen-bond donors (Lipinski definition) is 0. The van der Waals surface area contributed by atoms with Gasteiger partial charge >= 0.3 is 0 Å². The van der Waals surface area contributed by atoms with Gasteiger partial charge < -0.3 is 4.74 Å². The van der Waals surface area contributed by atoms with Crippen LogP contribution in [0.5, 0.6) is 5.75 Å². The summed E-state index contributed by atoms with van der Waals surface area (Å²) in [6, 6.07) is 9.31. The first kappa shape index (κ1) is 13.6. The molecule has 0 spiro atoms. The Morgan fingerprint density at radius 1 is 1.38 bits per heavy atom. The molecule has 2 aromatic heterocycles. The van der Waals surface area contributed by atoms with E-state index in [0.717, 1.165) is 17.7 Å². The van der Waals surface area contributed by atoms with Gasteiger partial charge in [0.05, 0.1) is 5.69 Å². The van der Waals surface area contributed by atoms with Crippen LogP contribution in [0.1, 0.15) is 11.3 Å². The molecule has 21 heavy (non-hydrogen) atoms. The first-order valence-corrected chi connectivity index (χ1v) is 7.43. The first-order valence-electron chi connectivity index (χ1n) is 6.55. The van der Waals surface area contributed by atoms with E-state index in [-0.39, 0.29) is 12.2 Å². The van der Waals surface area contributed by atoms with Crippen molar-refractivity contribution in [2.45, 2.75) is 13.0 Å². The number of thiazole rings is 1. The molecule has 0 fully saturated rings. The molecule has 3 rings (SSSR count). The van der Waals surface area contributed by atoms with E-state index in [1.54, 1.807) is 6.20 Å². The fraction of sp³-hybridized carbons (Fsp3) is 0.125. The summed E-state index contributed by atoms with van der Waals surface area (Å²) in [6.07, 6.45) is 4.31. The van der Waals surface area contributed by atoms with Crippen molar-refractivity contribution in [3.63, 3.8) is 0 Å². The number of benzene rings is 1. The SMILES string of the molecule is C=CCc1ccccc1OCc1cc(=O)n2ccsc2n1. The molecular weight excluding hydrogens is 284 g/mol. The van der Waals surface area contributed by atoms with Crippen LogP contribution in [0.4, 0.5) is 0 Å². The zero-order valence-electron chi connectivity index (χ0n) is 11.4. The summed E-state index contributed by atoms with van der Waals surface area (Å²) in [5.41, 5.74) is 1.62. The highest BCUT2D eigenvalue weighted by Gasteiger charge is 2.06. The van der Waals surface area contributed by atoms with Gasteiger partial charge in [-0.15, -0.1) is 17.9 Å². The molecule has 0 aliphatic rings. The molecule has 0 saturated heterocycles. The van der Waals surface area contributed by atoms with Crippen molar-refractivity contribution in [1.29, 1.82) is 0 Å². The second-order valence-electron chi connectivity index (χ2n) is 4.53. The molecule has 2 heterocycles. The molecule has 0 bridgehead atoms. The second-order valence-corrected chi connectivity index (χ2v) is 5.40. The fourth-order valence-corrected chi connectivity index (χ4v) is 2.82. The summed E-state index contributed by atoms with van der Waals surface area (Å²) in [7, 11) is 0. The van der Waals surface area contributed by atoms with E-state index in [1.807, 2.05) is 35.7 Å². The van der Waals surface area contributed by atoms with Crippen LogP contribution in [0.15, 0.2) is 59.4 Å². The Kier molecular flexibility index (Phi) is 3.83. The van der Waals surface area contributed by atoms with E-state index >= 15 is 0 Å². The second kappa shape index (κ2) is 5.93. The van der Waals surface area contributed by atoms with E-state index in [1.165, 1.54) is 21.8 Å². The summed E-state index contributed by atoms with van der Waals surface area (Å²) in [6.45, 7) is 4.02. The molecule has 5 heteroatoms. The number of hydrogen-bond acceptors (Lipinski definition) is 4. The summed E-state index contributed by atoms with van der Waals surface area (Å²) >= 11 is 1.43. The number of aromatic nitrogens is 2. The topological polar surface area (TPSA) is 43.6 Å². The third-order valence-electron chi connectivity index (χ3n) is 3.07. The van der Waals surface area contributed by atoms with E-state index in [9.17, 15) is 4.79 Å². The van der Waals surface area contributed by atoms with Crippen molar-refractivity contribution < 1.29 is 4.74 Å². The number of nitrogens with zero attached hydrogens (tertiary/aromatic N) is 2. The van der Waals surface area contributed by atoms with Gasteiger partial charge in [-0.25, -0.2) is 4.98 Å². The van der Waals surface area contributed by atoms with Crippen LogP contribution in [0.25, 0.3) is 4.96 Å². The molecule has 0 radical (unpaired) electrons. The molecular formula is C16H14N2O2S. The molecule has 4 nitrogen and oxygen atoms in total. The zero-order chi connectivity index (χ0) is 14.7. The minimum absolute atomic E-state index is 0.0840. The average molecular weight is 298 g/mol. The van der Waals surface area contributed by atoms with Crippen LogP contribution in [0, 0.1) is 0 Å². The van der Waals surface area contributed by atoms with Crippen molar-refractivity contribution in [3.05, 3.63) is 76.2 Å². The lowest BCUT2D eigenvalue weighted by atomic mass is 10.1. The van der Waals surface area contributed by atoms with E-state index in [4.69, 9.17) is 4.74 Å². The van der Waals surface area contributed by atoms with Gasteiger partial charge in [-0.2, -0.15) is 0 Å². The highest BCUT2D eigenvalue weighted by atomic mass is 32.1. The molecule has 0 aliphatic carbocycles. The van der Waals surface area contributed by atoms with Crippen molar-refractivity contribution in [2.75, 3.05) is 0 Å². The molecule has 1 aromatic carbocycles. The molecule has 3 aromatic rings. The minimum Gasteiger partial charge on any atom is -0.487 e. The Morgan fingerprint density at radius 2 is 2.24 bits per heavy atom. The molecule has 0 N–H and O–H groups in total. The van der Waals surface area contributed by atoms with Gasteiger partial charge in [0.1, 0.15) is 12.4 Å². The van der Waals surface area contributed by atoms with Gasteiger partial charge in [-0.3, -0.25) is 9.20 Å². The fourth-order valence-electron chi connectivity index (χ4n) is 2.08. The van der Waals surface area contributed by atoms with Crippen molar-refractivity contribution >= 4 is 16.3 Å². The van der Waals surface area contributed by atoms with Gasteiger partial charge in [-0.05, 0) is 18.1 Å². The predicted octanol–water partition coefficient (Wildman–Crippen LogP) is 3.06. The summed E-state index contributed by atoms with van der Waals surface area (Å²) in [4.78, 5) is 17.0. The third-order valence-corrected chi connectivity index (χ3v) is 3.83. The standard InChI is InChI=1S/C16H14N2O2S/c1-2-5-12-6-3-4-7-14(12)20-11-13-10-15(19)18-8-9-21-16(18)17-13/h2-4,6-10H,1,5,11H2. The van der Waals surface area contributed by atoms with Crippen molar-refractivity contribution in [3.8, 4) is 5.75 Å². The van der Waals surface area contributed by atoms with Crippen LogP contribution in [0.2, 0.25) is 0 Å². The Morgan fingerprint density at radius 3 is 3.10 bits per heavy atom. The lowest BCUT2D eigenvalue weighted by Crippen LogP contribution is -2.14. The van der Waals surface area contributed by atoms with Crippen LogP contribution in [-0.2, 0) is 13.0 Å². The van der Waals surface area contributed by atoms with E-state index in [2.05, 4.69) is 11.6 Å². The maximum absolute atomic E-state index is 11.9. The number of rotatable bonds is 5. The van der Waals surface area contributed by atoms with Crippen LogP contribution >= 0.6 is 11.3 Å². The van der Waals surface area contributed by atoms with Crippen LogP contribution in [-0.4, -0.2) is 9.38 Å². The molecule has 0 aliphatic heterocycles. The lowest BCUT2D eigenvalue weighted by Gasteiger charge is -2.09.